The van der Waals surface area contributed by atoms with Gasteiger partial charge in [-0.15, -0.1) is 0 Å². The lowest BCUT2D eigenvalue weighted by Gasteiger charge is -2.15. The molecule has 2 N–H and O–H groups in total. The maximum Gasteiger partial charge on any atom is 0.317 e. The van der Waals surface area contributed by atoms with Crippen LogP contribution in [0.4, 0.5) is 4.79 Å². The van der Waals surface area contributed by atoms with E-state index in [9.17, 15) is 9.59 Å². The van der Waals surface area contributed by atoms with Crippen LogP contribution in [0.5, 0.6) is 0 Å². The van der Waals surface area contributed by atoms with Crippen molar-refractivity contribution in [3.63, 3.8) is 0 Å². The predicted molar refractivity (Wildman–Crippen MR) is 62.1 cm³/mol. The molecule has 0 saturated heterocycles. The third-order valence-electron chi connectivity index (χ3n) is 2.62. The van der Waals surface area contributed by atoms with E-state index in [0.717, 1.165) is 12.8 Å². The van der Waals surface area contributed by atoms with Gasteiger partial charge in [0.25, 0.3) is 0 Å². The molecule has 92 valence electrons. The van der Waals surface area contributed by atoms with Gasteiger partial charge in [0.15, 0.2) is 0 Å². The molecule has 0 bridgehead atoms. The van der Waals surface area contributed by atoms with Gasteiger partial charge in [-0.2, -0.15) is 0 Å². The van der Waals surface area contributed by atoms with Gasteiger partial charge in [0, 0.05) is 32.6 Å². The summed E-state index contributed by atoms with van der Waals surface area (Å²) in [4.78, 5) is 24.2. The van der Waals surface area contributed by atoms with Gasteiger partial charge in [-0.25, -0.2) is 4.79 Å². The molecular weight excluding hydrogens is 206 g/mol. The van der Waals surface area contributed by atoms with Crippen molar-refractivity contribution in [2.45, 2.75) is 38.6 Å². The van der Waals surface area contributed by atoms with E-state index in [4.69, 9.17) is 0 Å². The van der Waals surface area contributed by atoms with E-state index in [0.29, 0.717) is 32.0 Å². The van der Waals surface area contributed by atoms with Crippen molar-refractivity contribution in [2.75, 3.05) is 20.1 Å². The van der Waals surface area contributed by atoms with E-state index in [1.54, 1.807) is 11.9 Å². The van der Waals surface area contributed by atoms with Crippen LogP contribution in [0, 0.1) is 0 Å². The fraction of sp³-hybridized carbons (Fsp3) is 0.818. The largest absolute Gasteiger partial charge is 0.353 e. The summed E-state index contributed by atoms with van der Waals surface area (Å²) >= 11 is 0. The summed E-state index contributed by atoms with van der Waals surface area (Å²) < 4.78 is 0. The third-order valence-corrected chi connectivity index (χ3v) is 2.62. The lowest BCUT2D eigenvalue weighted by molar-refractivity contribution is -0.121. The molecule has 1 rings (SSSR count). The quantitative estimate of drug-likeness (QED) is 0.656. The number of hydrogen-bond donors (Lipinski definition) is 2. The van der Waals surface area contributed by atoms with Crippen molar-refractivity contribution < 1.29 is 9.59 Å². The molecule has 0 radical (unpaired) electrons. The molecule has 0 aromatic rings. The van der Waals surface area contributed by atoms with E-state index >= 15 is 0 Å². The Balaban J connectivity index is 1.97. The van der Waals surface area contributed by atoms with Crippen LogP contribution >= 0.6 is 0 Å². The first-order valence-electron chi connectivity index (χ1n) is 5.91. The minimum atomic E-state index is -0.0786. The van der Waals surface area contributed by atoms with Crippen molar-refractivity contribution in [2.24, 2.45) is 0 Å². The van der Waals surface area contributed by atoms with Gasteiger partial charge in [0.2, 0.25) is 5.91 Å². The Morgan fingerprint density at radius 2 is 2.06 bits per heavy atom. The second kappa shape index (κ2) is 6.35. The van der Waals surface area contributed by atoms with Crippen LogP contribution in [0.3, 0.4) is 0 Å². The molecule has 0 unspecified atom stereocenters. The molecule has 3 amide bonds. The number of nitrogens with zero attached hydrogens (tertiary/aromatic N) is 1. The van der Waals surface area contributed by atoms with Crippen LogP contribution < -0.4 is 10.6 Å². The molecule has 0 aliphatic heterocycles. The van der Waals surface area contributed by atoms with E-state index in [2.05, 4.69) is 10.6 Å². The van der Waals surface area contributed by atoms with Crippen LogP contribution in [0.2, 0.25) is 0 Å². The minimum Gasteiger partial charge on any atom is -0.353 e. The standard InChI is InChI=1S/C11H21N3O2/c1-3-14(2)11(16)12-8-4-5-10(15)13-9-6-7-9/h9H,3-8H2,1-2H3,(H,12,16)(H,13,15). The Morgan fingerprint density at radius 3 is 2.62 bits per heavy atom. The minimum absolute atomic E-state index is 0.0786. The second-order valence-corrected chi connectivity index (χ2v) is 4.19. The van der Waals surface area contributed by atoms with E-state index < -0.39 is 0 Å². The lowest BCUT2D eigenvalue weighted by atomic mass is 10.3. The molecule has 0 heterocycles. The zero-order chi connectivity index (χ0) is 12.0. The molecule has 0 spiro atoms. The Morgan fingerprint density at radius 1 is 1.38 bits per heavy atom. The summed E-state index contributed by atoms with van der Waals surface area (Å²) in [5.41, 5.74) is 0. The van der Waals surface area contributed by atoms with Gasteiger partial charge >= 0.3 is 6.03 Å². The van der Waals surface area contributed by atoms with Crippen molar-refractivity contribution in [1.29, 1.82) is 0 Å². The monoisotopic (exact) mass is 227 g/mol. The van der Waals surface area contributed by atoms with Crippen LogP contribution in [0.15, 0.2) is 0 Å². The van der Waals surface area contributed by atoms with Gasteiger partial charge in [0.05, 0.1) is 0 Å². The fourth-order valence-corrected chi connectivity index (χ4v) is 1.25. The van der Waals surface area contributed by atoms with E-state index in [1.807, 2.05) is 6.92 Å². The number of rotatable bonds is 6. The Hall–Kier alpha value is -1.26. The smallest absolute Gasteiger partial charge is 0.317 e. The van der Waals surface area contributed by atoms with Gasteiger partial charge < -0.3 is 15.5 Å². The molecule has 1 aliphatic rings. The van der Waals surface area contributed by atoms with Crippen molar-refractivity contribution >= 4 is 11.9 Å². The number of nitrogens with one attached hydrogen (secondary N) is 2. The number of amides is 3. The topological polar surface area (TPSA) is 61.4 Å². The summed E-state index contributed by atoms with van der Waals surface area (Å²) in [6.07, 6.45) is 3.42. The zero-order valence-corrected chi connectivity index (χ0v) is 10.1. The van der Waals surface area contributed by atoms with E-state index in [1.165, 1.54) is 0 Å². The third kappa shape index (κ3) is 5.00. The predicted octanol–water partition coefficient (Wildman–Crippen LogP) is 0.706. The molecule has 0 atom stereocenters. The first kappa shape index (κ1) is 12.8. The fourth-order valence-electron chi connectivity index (χ4n) is 1.25. The number of carbonyl (C=O) groups is 2. The Labute approximate surface area is 96.6 Å². The summed E-state index contributed by atoms with van der Waals surface area (Å²) in [6.45, 7) is 3.16. The highest BCUT2D eigenvalue weighted by Gasteiger charge is 2.22. The van der Waals surface area contributed by atoms with Crippen molar-refractivity contribution in [3.8, 4) is 0 Å². The Kier molecular flexibility index (Phi) is 5.08. The zero-order valence-electron chi connectivity index (χ0n) is 10.1. The van der Waals surface area contributed by atoms with Gasteiger partial charge in [0.1, 0.15) is 0 Å². The number of urea groups is 1. The second-order valence-electron chi connectivity index (χ2n) is 4.19. The summed E-state index contributed by atoms with van der Waals surface area (Å²) in [5, 5.41) is 5.68. The highest BCUT2D eigenvalue weighted by atomic mass is 16.2. The first-order chi connectivity index (χ1) is 7.63. The SMILES string of the molecule is CCN(C)C(=O)NCCCC(=O)NC1CC1. The molecule has 0 aromatic heterocycles. The maximum absolute atomic E-state index is 11.3. The van der Waals surface area contributed by atoms with Crippen molar-refractivity contribution in [3.05, 3.63) is 0 Å². The van der Waals surface area contributed by atoms with Gasteiger partial charge in [-0.05, 0) is 26.2 Å². The normalized spacial score (nSPS) is 14.4. The van der Waals surface area contributed by atoms with Crippen LogP contribution in [0.1, 0.15) is 32.6 Å². The first-order valence-corrected chi connectivity index (χ1v) is 5.91. The van der Waals surface area contributed by atoms with Crippen molar-refractivity contribution in [1.82, 2.24) is 15.5 Å². The number of carbonyl (C=O) groups excluding carboxylic acids is 2. The van der Waals surface area contributed by atoms with Crippen LogP contribution in [-0.2, 0) is 4.79 Å². The Bertz CT molecular complexity index is 252. The van der Waals surface area contributed by atoms with Crippen LogP contribution in [0.25, 0.3) is 0 Å². The highest BCUT2D eigenvalue weighted by molar-refractivity contribution is 5.77. The average molecular weight is 227 g/mol. The van der Waals surface area contributed by atoms with Crippen LogP contribution in [-0.4, -0.2) is 43.0 Å². The van der Waals surface area contributed by atoms with E-state index in [-0.39, 0.29) is 11.9 Å². The average Bonchev–Trinajstić information content (AvgIpc) is 3.06. The molecule has 16 heavy (non-hydrogen) atoms. The molecule has 1 fully saturated rings. The molecule has 5 heteroatoms. The maximum atomic E-state index is 11.3. The molecule has 1 aliphatic carbocycles. The molecule has 5 nitrogen and oxygen atoms in total. The molecule has 0 aromatic carbocycles. The molecular formula is C11H21N3O2. The summed E-state index contributed by atoms with van der Waals surface area (Å²) in [7, 11) is 1.75. The summed E-state index contributed by atoms with van der Waals surface area (Å²) in [6, 6.07) is 0.346. The van der Waals surface area contributed by atoms with Gasteiger partial charge in [-0.3, -0.25) is 4.79 Å². The van der Waals surface area contributed by atoms with Gasteiger partial charge in [-0.1, -0.05) is 0 Å². The summed E-state index contributed by atoms with van der Waals surface area (Å²) in [5.74, 6) is 0.0978. The molecule has 1 saturated carbocycles. The number of hydrogen-bond acceptors (Lipinski definition) is 2. The highest BCUT2D eigenvalue weighted by Crippen LogP contribution is 2.18. The lowest BCUT2D eigenvalue weighted by Crippen LogP contribution is -2.37.